The van der Waals surface area contributed by atoms with Crippen LogP contribution in [-0.2, 0) is 9.47 Å². The molecule has 1 N–H and O–H groups in total. The van der Waals surface area contributed by atoms with Gasteiger partial charge in [-0.2, -0.15) is 5.26 Å². The first-order valence-electron chi connectivity index (χ1n) is 6.66. The third-order valence-electron chi connectivity index (χ3n) is 3.05. The minimum atomic E-state index is -0.0723. The second-order valence-corrected chi connectivity index (χ2v) is 4.76. The minimum absolute atomic E-state index is 0.0723. The van der Waals surface area contributed by atoms with Crippen molar-refractivity contribution in [1.82, 2.24) is 10.2 Å². The van der Waals surface area contributed by atoms with E-state index in [0.29, 0.717) is 12.6 Å². The molecule has 1 atom stereocenters. The molecule has 0 aliphatic heterocycles. The van der Waals surface area contributed by atoms with Crippen LogP contribution in [0, 0.1) is 11.3 Å². The average molecular weight is 255 g/mol. The summed E-state index contributed by atoms with van der Waals surface area (Å²) in [6, 6.07) is 2.84. The van der Waals surface area contributed by atoms with Crippen LogP contribution >= 0.6 is 0 Å². The fraction of sp³-hybridized carbons (Fsp3) is 0.923. The lowest BCUT2D eigenvalue weighted by Gasteiger charge is -2.24. The van der Waals surface area contributed by atoms with Gasteiger partial charge in [0.15, 0.2) is 0 Å². The molecule has 104 valence electrons. The van der Waals surface area contributed by atoms with Crippen molar-refractivity contribution in [2.75, 3.05) is 47.1 Å². The second-order valence-electron chi connectivity index (χ2n) is 4.76. The maximum Gasteiger partial charge on any atom is 0.108 e. The molecule has 0 aromatic rings. The Balaban J connectivity index is 2.28. The lowest BCUT2D eigenvalue weighted by Crippen LogP contribution is -2.42. The molecule has 5 nitrogen and oxygen atoms in total. The molecule has 0 amide bonds. The molecule has 0 aromatic heterocycles. The third-order valence-corrected chi connectivity index (χ3v) is 3.05. The van der Waals surface area contributed by atoms with E-state index in [1.165, 1.54) is 12.8 Å². The molecule has 0 aromatic carbocycles. The van der Waals surface area contributed by atoms with E-state index in [4.69, 9.17) is 14.7 Å². The predicted molar refractivity (Wildman–Crippen MR) is 70.4 cm³/mol. The summed E-state index contributed by atoms with van der Waals surface area (Å²) in [6.07, 6.45) is 3.40. The van der Waals surface area contributed by atoms with Crippen LogP contribution in [0.3, 0.4) is 0 Å². The summed E-state index contributed by atoms with van der Waals surface area (Å²) in [5.41, 5.74) is 0. The van der Waals surface area contributed by atoms with Gasteiger partial charge in [-0.25, -0.2) is 0 Å². The van der Waals surface area contributed by atoms with E-state index in [1.807, 2.05) is 0 Å². The Kier molecular flexibility index (Phi) is 7.94. The standard InChI is InChI=1S/C13H25N3O2/c1-17-8-3-6-16(7-9-18-2)11-13(10-14)15-12-4-5-12/h12-13,15H,3-9,11H2,1-2H3. The highest BCUT2D eigenvalue weighted by atomic mass is 16.5. The van der Waals surface area contributed by atoms with Gasteiger partial charge in [0.05, 0.1) is 12.7 Å². The third kappa shape index (κ3) is 6.92. The number of hydrogen-bond acceptors (Lipinski definition) is 5. The minimum Gasteiger partial charge on any atom is -0.385 e. The van der Waals surface area contributed by atoms with E-state index in [-0.39, 0.29) is 6.04 Å². The molecule has 18 heavy (non-hydrogen) atoms. The Bertz CT molecular complexity index is 251. The van der Waals surface area contributed by atoms with Gasteiger partial charge in [0.25, 0.3) is 0 Å². The summed E-state index contributed by atoms with van der Waals surface area (Å²) in [5.74, 6) is 0. The molecule has 1 aliphatic carbocycles. The van der Waals surface area contributed by atoms with Gasteiger partial charge in [0.1, 0.15) is 6.04 Å². The molecule has 0 bridgehead atoms. The summed E-state index contributed by atoms with van der Waals surface area (Å²) < 4.78 is 10.2. The molecule has 0 saturated heterocycles. The SMILES string of the molecule is COCCCN(CCOC)CC(C#N)NC1CC1. The molecular formula is C13H25N3O2. The van der Waals surface area contributed by atoms with Crippen molar-refractivity contribution in [3.05, 3.63) is 0 Å². The van der Waals surface area contributed by atoms with Crippen LogP contribution in [-0.4, -0.2) is 64.1 Å². The van der Waals surface area contributed by atoms with Gasteiger partial charge in [-0.05, 0) is 19.3 Å². The van der Waals surface area contributed by atoms with Crippen molar-refractivity contribution in [3.8, 4) is 6.07 Å². The van der Waals surface area contributed by atoms with Gasteiger partial charge in [-0.1, -0.05) is 0 Å². The number of nitrogens with one attached hydrogen (secondary N) is 1. The zero-order valence-corrected chi connectivity index (χ0v) is 11.5. The first-order valence-corrected chi connectivity index (χ1v) is 6.66. The fourth-order valence-electron chi connectivity index (χ4n) is 1.87. The lowest BCUT2D eigenvalue weighted by atomic mass is 10.2. The Labute approximate surface area is 110 Å². The van der Waals surface area contributed by atoms with Gasteiger partial charge in [0.2, 0.25) is 0 Å². The first-order chi connectivity index (χ1) is 8.80. The smallest absolute Gasteiger partial charge is 0.108 e. The summed E-state index contributed by atoms with van der Waals surface area (Å²) in [5, 5.41) is 12.5. The highest BCUT2D eigenvalue weighted by Crippen LogP contribution is 2.19. The van der Waals surface area contributed by atoms with Gasteiger partial charge in [-0.3, -0.25) is 10.2 Å². The zero-order chi connectivity index (χ0) is 13.2. The summed E-state index contributed by atoms with van der Waals surface area (Å²) in [7, 11) is 3.42. The summed E-state index contributed by atoms with van der Waals surface area (Å²) >= 11 is 0. The van der Waals surface area contributed by atoms with Crippen LogP contribution in [0.15, 0.2) is 0 Å². The van der Waals surface area contributed by atoms with Crippen molar-refractivity contribution in [2.24, 2.45) is 0 Å². The maximum atomic E-state index is 9.15. The van der Waals surface area contributed by atoms with Crippen LogP contribution in [0.25, 0.3) is 0 Å². The van der Waals surface area contributed by atoms with E-state index in [2.05, 4.69) is 16.3 Å². The van der Waals surface area contributed by atoms with Crippen LogP contribution < -0.4 is 5.32 Å². The topological polar surface area (TPSA) is 57.5 Å². The van der Waals surface area contributed by atoms with Gasteiger partial charge in [-0.15, -0.1) is 0 Å². The van der Waals surface area contributed by atoms with Crippen molar-refractivity contribution in [3.63, 3.8) is 0 Å². The summed E-state index contributed by atoms with van der Waals surface area (Å²) in [4.78, 5) is 2.27. The largest absolute Gasteiger partial charge is 0.385 e. The van der Waals surface area contributed by atoms with Gasteiger partial charge < -0.3 is 9.47 Å². The van der Waals surface area contributed by atoms with Crippen molar-refractivity contribution in [1.29, 1.82) is 5.26 Å². The van der Waals surface area contributed by atoms with Crippen LogP contribution in [0.5, 0.6) is 0 Å². The second kappa shape index (κ2) is 9.29. The Morgan fingerprint density at radius 2 is 2.00 bits per heavy atom. The molecule has 5 heteroatoms. The fourth-order valence-corrected chi connectivity index (χ4v) is 1.87. The molecule has 1 rings (SSSR count). The number of nitrogens with zero attached hydrogens (tertiary/aromatic N) is 2. The predicted octanol–water partition coefficient (Wildman–Crippen LogP) is 0.615. The van der Waals surface area contributed by atoms with Crippen LogP contribution in [0.1, 0.15) is 19.3 Å². The van der Waals surface area contributed by atoms with Crippen molar-refractivity contribution >= 4 is 0 Å². The monoisotopic (exact) mass is 255 g/mol. The van der Waals surface area contributed by atoms with E-state index in [1.54, 1.807) is 14.2 Å². The highest BCUT2D eigenvalue weighted by Gasteiger charge is 2.25. The van der Waals surface area contributed by atoms with E-state index in [9.17, 15) is 0 Å². The lowest BCUT2D eigenvalue weighted by molar-refractivity contribution is 0.129. The molecule has 1 aliphatic rings. The number of hydrogen-bond donors (Lipinski definition) is 1. The Morgan fingerprint density at radius 3 is 2.56 bits per heavy atom. The molecular weight excluding hydrogens is 230 g/mol. The van der Waals surface area contributed by atoms with E-state index in [0.717, 1.165) is 32.7 Å². The normalized spacial score (nSPS) is 16.8. The molecule has 1 fully saturated rings. The highest BCUT2D eigenvalue weighted by molar-refractivity contribution is 4.97. The maximum absolute atomic E-state index is 9.15. The van der Waals surface area contributed by atoms with Crippen LogP contribution in [0.2, 0.25) is 0 Å². The number of methoxy groups -OCH3 is 2. The number of nitriles is 1. The van der Waals surface area contributed by atoms with E-state index < -0.39 is 0 Å². The van der Waals surface area contributed by atoms with Gasteiger partial charge >= 0.3 is 0 Å². The average Bonchev–Trinajstić information content (AvgIpc) is 3.18. The zero-order valence-electron chi connectivity index (χ0n) is 11.5. The Morgan fingerprint density at radius 1 is 1.28 bits per heavy atom. The van der Waals surface area contributed by atoms with Crippen molar-refractivity contribution in [2.45, 2.75) is 31.3 Å². The number of rotatable bonds is 11. The number of ether oxygens (including phenoxy) is 2. The van der Waals surface area contributed by atoms with Gasteiger partial charge in [0, 0.05) is 46.5 Å². The Hall–Kier alpha value is -0.670. The first kappa shape index (κ1) is 15.4. The molecule has 0 heterocycles. The van der Waals surface area contributed by atoms with Crippen molar-refractivity contribution < 1.29 is 9.47 Å². The van der Waals surface area contributed by atoms with E-state index >= 15 is 0 Å². The molecule has 1 unspecified atom stereocenters. The molecule has 1 saturated carbocycles. The van der Waals surface area contributed by atoms with Crippen LogP contribution in [0.4, 0.5) is 0 Å². The quantitative estimate of drug-likeness (QED) is 0.548. The summed E-state index contributed by atoms with van der Waals surface area (Å²) in [6.45, 7) is 4.04. The molecule has 0 spiro atoms. The molecule has 0 radical (unpaired) electrons.